The zero-order valence-electron chi connectivity index (χ0n) is 12.7. The van der Waals surface area contributed by atoms with Crippen molar-refractivity contribution >= 4 is 5.97 Å². The highest BCUT2D eigenvalue weighted by atomic mass is 16.5. The van der Waals surface area contributed by atoms with Gasteiger partial charge < -0.3 is 4.74 Å². The molecule has 3 aliphatic carbocycles. The maximum Gasteiger partial charge on any atom is 0.309 e. The van der Waals surface area contributed by atoms with E-state index in [0.717, 1.165) is 12.8 Å². The molecule has 1 N–H and O–H groups in total. The van der Waals surface area contributed by atoms with Gasteiger partial charge in [0.1, 0.15) is 0 Å². The normalized spacial score (nSPS) is 30.3. The summed E-state index contributed by atoms with van der Waals surface area (Å²) in [6.07, 6.45) is 10.4. The molecule has 1 aromatic heterocycles. The molecule has 1 aromatic rings. The van der Waals surface area contributed by atoms with Gasteiger partial charge in [0, 0.05) is 5.69 Å². The van der Waals surface area contributed by atoms with Crippen LogP contribution in [0.4, 0.5) is 0 Å². The minimum atomic E-state index is 0.00362. The maximum absolute atomic E-state index is 12.4. The Morgan fingerprint density at radius 2 is 2.29 bits per heavy atom. The van der Waals surface area contributed by atoms with Crippen LogP contribution < -0.4 is 0 Å². The Hall–Kier alpha value is -1.32. The van der Waals surface area contributed by atoms with Crippen molar-refractivity contribution in [2.45, 2.75) is 57.8 Å². The zero-order chi connectivity index (χ0) is 14.4. The van der Waals surface area contributed by atoms with E-state index in [1.54, 1.807) is 0 Å². The van der Waals surface area contributed by atoms with Crippen LogP contribution in [0.25, 0.3) is 0 Å². The van der Waals surface area contributed by atoms with Crippen molar-refractivity contribution in [3.63, 3.8) is 0 Å². The second-order valence-corrected chi connectivity index (χ2v) is 7.50. The summed E-state index contributed by atoms with van der Waals surface area (Å²) in [4.78, 5) is 12.4. The van der Waals surface area contributed by atoms with E-state index in [0.29, 0.717) is 17.9 Å². The first-order valence-corrected chi connectivity index (χ1v) is 8.36. The number of aromatic amines is 1. The number of hydrogen-bond acceptors (Lipinski definition) is 3. The largest absolute Gasteiger partial charge is 0.465 e. The molecule has 4 nitrogen and oxygen atoms in total. The van der Waals surface area contributed by atoms with Crippen LogP contribution in [-0.2, 0) is 16.0 Å². The third-order valence-corrected chi connectivity index (χ3v) is 6.17. The van der Waals surface area contributed by atoms with E-state index in [1.165, 1.54) is 43.4 Å². The quantitative estimate of drug-likeness (QED) is 0.869. The Kier molecular flexibility index (Phi) is 3.09. The van der Waals surface area contributed by atoms with Gasteiger partial charge in [-0.15, -0.1) is 0 Å². The molecule has 3 aliphatic rings. The van der Waals surface area contributed by atoms with Gasteiger partial charge in [-0.25, -0.2) is 0 Å². The van der Waals surface area contributed by atoms with Gasteiger partial charge in [-0.05, 0) is 61.3 Å². The molecule has 0 radical (unpaired) electrons. The van der Waals surface area contributed by atoms with Crippen molar-refractivity contribution in [2.75, 3.05) is 6.61 Å². The molecule has 114 valence electrons. The molecule has 2 saturated carbocycles. The van der Waals surface area contributed by atoms with Gasteiger partial charge in [0.05, 0.1) is 18.7 Å². The van der Waals surface area contributed by atoms with E-state index in [2.05, 4.69) is 17.1 Å². The smallest absolute Gasteiger partial charge is 0.309 e. The summed E-state index contributed by atoms with van der Waals surface area (Å²) in [5.41, 5.74) is 3.05. The molecule has 4 rings (SSSR count). The number of aryl methyl sites for hydroxylation is 1. The number of fused-ring (bicyclic) bond motifs is 1. The van der Waals surface area contributed by atoms with Crippen LogP contribution in [0.5, 0.6) is 0 Å². The Labute approximate surface area is 125 Å². The van der Waals surface area contributed by atoms with Crippen molar-refractivity contribution in [2.24, 2.45) is 17.3 Å². The molecule has 21 heavy (non-hydrogen) atoms. The minimum absolute atomic E-state index is 0.00362. The van der Waals surface area contributed by atoms with E-state index >= 15 is 0 Å². The number of rotatable bonds is 3. The van der Waals surface area contributed by atoms with E-state index < -0.39 is 0 Å². The summed E-state index contributed by atoms with van der Waals surface area (Å²) in [5, 5.41) is 7.14. The number of carbonyl (C=O) groups is 1. The van der Waals surface area contributed by atoms with Gasteiger partial charge in [0.2, 0.25) is 0 Å². The standard InChI is InChI=1S/C17H24N2O2/c1-11-13(3-4-15-14(11)9-18-19-15)16(20)21-10-12-7-17(8-12)5-2-6-17/h9,11-13H,2-8,10H2,1H3,(H,18,19). The first-order chi connectivity index (χ1) is 10.2. The molecular formula is C17H24N2O2. The van der Waals surface area contributed by atoms with Crippen LogP contribution in [0, 0.1) is 17.3 Å². The average molecular weight is 288 g/mol. The second kappa shape index (κ2) is 4.85. The van der Waals surface area contributed by atoms with Gasteiger partial charge in [-0.2, -0.15) is 5.10 Å². The first kappa shape index (κ1) is 13.4. The minimum Gasteiger partial charge on any atom is -0.465 e. The summed E-state index contributed by atoms with van der Waals surface area (Å²) < 4.78 is 5.64. The number of nitrogens with zero attached hydrogens (tertiary/aromatic N) is 1. The summed E-state index contributed by atoms with van der Waals surface area (Å²) in [6, 6.07) is 0. The lowest BCUT2D eigenvalue weighted by molar-refractivity contribution is -0.155. The number of ether oxygens (including phenoxy) is 1. The third kappa shape index (κ3) is 2.19. The number of nitrogens with one attached hydrogen (secondary N) is 1. The molecule has 0 aliphatic heterocycles. The number of hydrogen-bond donors (Lipinski definition) is 1. The first-order valence-electron chi connectivity index (χ1n) is 8.36. The molecular weight excluding hydrogens is 264 g/mol. The van der Waals surface area contributed by atoms with Gasteiger partial charge >= 0.3 is 5.97 Å². The molecule has 1 spiro atoms. The molecule has 0 bridgehead atoms. The third-order valence-electron chi connectivity index (χ3n) is 6.17. The predicted octanol–water partition coefficient (Wildman–Crippen LogP) is 3.20. The topological polar surface area (TPSA) is 55.0 Å². The molecule has 0 saturated heterocycles. The van der Waals surface area contributed by atoms with E-state index in [9.17, 15) is 4.79 Å². The summed E-state index contributed by atoms with van der Waals surface area (Å²) in [7, 11) is 0. The Balaban J connectivity index is 1.30. The van der Waals surface area contributed by atoms with Gasteiger partial charge in [0.15, 0.2) is 0 Å². The van der Waals surface area contributed by atoms with Crippen LogP contribution >= 0.6 is 0 Å². The highest BCUT2D eigenvalue weighted by molar-refractivity contribution is 5.74. The predicted molar refractivity (Wildman–Crippen MR) is 78.8 cm³/mol. The van der Waals surface area contributed by atoms with Gasteiger partial charge in [-0.1, -0.05) is 13.3 Å². The molecule has 2 atom stereocenters. The SMILES string of the molecule is CC1c2cn[nH]c2CCC1C(=O)OCC1CC2(CCC2)C1. The van der Waals surface area contributed by atoms with Gasteiger partial charge in [-0.3, -0.25) is 9.89 Å². The van der Waals surface area contributed by atoms with Crippen molar-refractivity contribution in [1.29, 1.82) is 0 Å². The molecule has 0 amide bonds. The van der Waals surface area contributed by atoms with E-state index in [4.69, 9.17) is 4.74 Å². The summed E-state index contributed by atoms with van der Waals surface area (Å²) in [5.74, 6) is 0.855. The lowest BCUT2D eigenvalue weighted by Crippen LogP contribution is -2.44. The van der Waals surface area contributed by atoms with Crippen molar-refractivity contribution in [3.8, 4) is 0 Å². The molecule has 2 unspecified atom stereocenters. The fourth-order valence-corrected chi connectivity index (χ4v) is 4.68. The summed E-state index contributed by atoms with van der Waals surface area (Å²) >= 11 is 0. The fourth-order valence-electron chi connectivity index (χ4n) is 4.68. The molecule has 0 aromatic carbocycles. The molecule has 2 fully saturated rings. The number of carbonyl (C=O) groups excluding carboxylic acids is 1. The van der Waals surface area contributed by atoms with Crippen LogP contribution in [0.15, 0.2) is 6.20 Å². The lowest BCUT2D eigenvalue weighted by atomic mass is 9.52. The Bertz CT molecular complexity index is 539. The summed E-state index contributed by atoms with van der Waals surface area (Å²) in [6.45, 7) is 2.76. The maximum atomic E-state index is 12.4. The highest BCUT2D eigenvalue weighted by Crippen LogP contribution is 2.58. The average Bonchev–Trinajstić information content (AvgIpc) is 2.84. The molecule has 1 heterocycles. The van der Waals surface area contributed by atoms with E-state index in [-0.39, 0.29) is 17.8 Å². The molecule has 4 heteroatoms. The van der Waals surface area contributed by atoms with Crippen LogP contribution in [-0.4, -0.2) is 22.8 Å². The van der Waals surface area contributed by atoms with Crippen LogP contribution in [0.3, 0.4) is 0 Å². The van der Waals surface area contributed by atoms with Crippen molar-refractivity contribution < 1.29 is 9.53 Å². The Morgan fingerprint density at radius 3 is 3.00 bits per heavy atom. The number of H-pyrrole nitrogens is 1. The van der Waals surface area contributed by atoms with Crippen molar-refractivity contribution in [1.82, 2.24) is 10.2 Å². The van der Waals surface area contributed by atoms with Crippen LogP contribution in [0.1, 0.15) is 62.6 Å². The number of aromatic nitrogens is 2. The number of esters is 1. The highest BCUT2D eigenvalue weighted by Gasteiger charge is 2.48. The van der Waals surface area contributed by atoms with Crippen molar-refractivity contribution in [3.05, 3.63) is 17.5 Å². The lowest BCUT2D eigenvalue weighted by Gasteiger charge is -2.54. The van der Waals surface area contributed by atoms with Crippen LogP contribution in [0.2, 0.25) is 0 Å². The fraction of sp³-hybridized carbons (Fsp3) is 0.765. The van der Waals surface area contributed by atoms with Gasteiger partial charge in [0.25, 0.3) is 0 Å². The Morgan fingerprint density at radius 1 is 1.48 bits per heavy atom. The second-order valence-electron chi connectivity index (χ2n) is 7.50. The van der Waals surface area contributed by atoms with E-state index in [1.807, 2.05) is 6.20 Å². The monoisotopic (exact) mass is 288 g/mol. The zero-order valence-corrected chi connectivity index (χ0v) is 12.7.